The van der Waals surface area contributed by atoms with Gasteiger partial charge in [-0.2, -0.15) is 0 Å². The Kier molecular flexibility index (Phi) is 4.22. The second kappa shape index (κ2) is 6.58. The number of carbonyl (C=O) groups is 1. The van der Waals surface area contributed by atoms with E-state index in [2.05, 4.69) is 30.3 Å². The summed E-state index contributed by atoms with van der Waals surface area (Å²) in [5.41, 5.74) is 5.15. The minimum Gasteiger partial charge on any atom is -0.455 e. The van der Waals surface area contributed by atoms with E-state index in [0.29, 0.717) is 22.5 Å². The van der Waals surface area contributed by atoms with Crippen LogP contribution in [0, 0.1) is 5.82 Å². The molecule has 4 nitrogen and oxygen atoms in total. The standard InChI is InChI=1S/C22H21FN2O2/c1-13-5-4-10-25(3)18-12-19-17(11-16(13)18)20(22(26)24-2)21(27-19)14-6-8-15(23)9-7-14/h5-9,11-12H,4,10H2,1-3H3,(H,24,26). The third-order valence-corrected chi connectivity index (χ3v) is 5.12. The largest absolute Gasteiger partial charge is 0.455 e. The molecule has 0 saturated heterocycles. The molecule has 1 aromatic heterocycles. The number of fused-ring (bicyclic) bond motifs is 2. The van der Waals surface area contributed by atoms with Crippen molar-refractivity contribution in [3.8, 4) is 11.3 Å². The lowest BCUT2D eigenvalue weighted by atomic mass is 9.99. The van der Waals surface area contributed by atoms with Gasteiger partial charge in [0.1, 0.15) is 17.2 Å². The molecule has 1 amide bonds. The normalized spacial score (nSPS) is 13.9. The molecule has 0 unspecified atom stereocenters. The first kappa shape index (κ1) is 17.3. The molecule has 0 aliphatic carbocycles. The number of nitrogens with one attached hydrogen (secondary N) is 1. The van der Waals surface area contributed by atoms with Gasteiger partial charge in [0, 0.05) is 48.9 Å². The van der Waals surface area contributed by atoms with Gasteiger partial charge in [-0.25, -0.2) is 4.39 Å². The third kappa shape index (κ3) is 2.89. The van der Waals surface area contributed by atoms with Crippen molar-refractivity contribution in [3.05, 3.63) is 59.4 Å². The van der Waals surface area contributed by atoms with E-state index in [0.717, 1.165) is 29.6 Å². The van der Waals surface area contributed by atoms with E-state index >= 15 is 0 Å². The van der Waals surface area contributed by atoms with Gasteiger partial charge in [-0.1, -0.05) is 6.08 Å². The Morgan fingerprint density at radius 1 is 1.22 bits per heavy atom. The van der Waals surface area contributed by atoms with Crippen LogP contribution < -0.4 is 10.2 Å². The molecule has 2 heterocycles. The number of anilines is 1. The number of hydrogen-bond acceptors (Lipinski definition) is 3. The molecule has 2 aromatic carbocycles. The lowest BCUT2D eigenvalue weighted by Crippen LogP contribution is -2.19. The number of allylic oxidation sites excluding steroid dienone is 1. The molecular formula is C22H21FN2O2. The van der Waals surface area contributed by atoms with Crippen molar-refractivity contribution < 1.29 is 13.6 Å². The van der Waals surface area contributed by atoms with E-state index in [1.54, 1.807) is 19.2 Å². The molecule has 1 aliphatic heterocycles. The zero-order valence-electron chi connectivity index (χ0n) is 15.6. The van der Waals surface area contributed by atoms with Gasteiger partial charge in [0.15, 0.2) is 0 Å². The van der Waals surface area contributed by atoms with Crippen LogP contribution in [-0.2, 0) is 0 Å². The predicted octanol–water partition coefficient (Wildman–Crippen LogP) is 4.84. The van der Waals surface area contributed by atoms with Crippen molar-refractivity contribution >= 4 is 28.1 Å². The van der Waals surface area contributed by atoms with Gasteiger partial charge in [0.2, 0.25) is 0 Å². The summed E-state index contributed by atoms with van der Waals surface area (Å²) in [7, 11) is 3.65. The second-order valence-electron chi connectivity index (χ2n) is 6.86. The molecule has 0 atom stereocenters. The van der Waals surface area contributed by atoms with Gasteiger partial charge < -0.3 is 14.6 Å². The van der Waals surface area contributed by atoms with E-state index in [-0.39, 0.29) is 11.7 Å². The number of hydrogen-bond donors (Lipinski definition) is 1. The molecule has 138 valence electrons. The highest BCUT2D eigenvalue weighted by Gasteiger charge is 2.24. The molecule has 4 rings (SSSR count). The van der Waals surface area contributed by atoms with Crippen molar-refractivity contribution in [1.82, 2.24) is 5.32 Å². The SMILES string of the molecule is CNC(=O)c1c(-c2ccc(F)cc2)oc2cc3c(cc12)C(C)=CCCN3C. The van der Waals surface area contributed by atoms with Crippen LogP contribution in [0.25, 0.3) is 27.9 Å². The van der Waals surface area contributed by atoms with Crippen molar-refractivity contribution in [1.29, 1.82) is 0 Å². The maximum absolute atomic E-state index is 13.3. The molecule has 1 aliphatic rings. The molecule has 0 fully saturated rings. The Bertz CT molecular complexity index is 1060. The van der Waals surface area contributed by atoms with Crippen molar-refractivity contribution in [2.75, 3.05) is 25.5 Å². The van der Waals surface area contributed by atoms with Gasteiger partial charge in [-0.15, -0.1) is 0 Å². The molecule has 1 N–H and O–H groups in total. The van der Waals surface area contributed by atoms with Crippen LogP contribution in [0.4, 0.5) is 10.1 Å². The highest BCUT2D eigenvalue weighted by atomic mass is 19.1. The summed E-state index contributed by atoms with van der Waals surface area (Å²) in [6, 6.07) is 10.0. The van der Waals surface area contributed by atoms with Gasteiger partial charge in [0.25, 0.3) is 5.91 Å². The first-order valence-corrected chi connectivity index (χ1v) is 8.96. The molecule has 5 heteroatoms. The second-order valence-corrected chi connectivity index (χ2v) is 6.86. The predicted molar refractivity (Wildman–Crippen MR) is 107 cm³/mol. The minimum atomic E-state index is -0.328. The van der Waals surface area contributed by atoms with E-state index in [1.165, 1.54) is 17.7 Å². The Labute approximate surface area is 157 Å². The number of furan rings is 1. The third-order valence-electron chi connectivity index (χ3n) is 5.12. The smallest absolute Gasteiger partial charge is 0.255 e. The number of carbonyl (C=O) groups excluding carboxylic acids is 1. The van der Waals surface area contributed by atoms with Gasteiger partial charge in [-0.05, 0) is 49.2 Å². The molecule has 0 spiro atoms. The maximum atomic E-state index is 13.3. The van der Waals surface area contributed by atoms with Crippen molar-refractivity contribution in [2.45, 2.75) is 13.3 Å². The van der Waals surface area contributed by atoms with Crippen molar-refractivity contribution in [2.24, 2.45) is 0 Å². The monoisotopic (exact) mass is 364 g/mol. The molecule has 0 bridgehead atoms. The van der Waals surface area contributed by atoms with Crippen LogP contribution in [0.3, 0.4) is 0 Å². The first-order valence-electron chi connectivity index (χ1n) is 8.96. The maximum Gasteiger partial charge on any atom is 0.255 e. The van der Waals surface area contributed by atoms with Crippen molar-refractivity contribution in [3.63, 3.8) is 0 Å². The van der Waals surface area contributed by atoms with E-state index < -0.39 is 0 Å². The number of halogens is 1. The fourth-order valence-corrected chi connectivity index (χ4v) is 3.62. The molecule has 27 heavy (non-hydrogen) atoms. The summed E-state index contributed by atoms with van der Waals surface area (Å²) >= 11 is 0. The summed E-state index contributed by atoms with van der Waals surface area (Å²) in [4.78, 5) is 14.9. The van der Waals surface area contributed by atoms with Crippen LogP contribution in [0.5, 0.6) is 0 Å². The zero-order chi connectivity index (χ0) is 19.1. The number of nitrogens with zero attached hydrogens (tertiary/aromatic N) is 1. The lowest BCUT2D eigenvalue weighted by molar-refractivity contribution is 0.0964. The number of amides is 1. The van der Waals surface area contributed by atoms with Gasteiger partial charge in [-0.3, -0.25) is 4.79 Å². The average Bonchev–Trinajstić information content (AvgIpc) is 2.98. The van der Waals surface area contributed by atoms with Crippen LogP contribution in [0.15, 0.2) is 46.9 Å². The Morgan fingerprint density at radius 3 is 2.67 bits per heavy atom. The Hall–Kier alpha value is -3.08. The quantitative estimate of drug-likeness (QED) is 0.708. The van der Waals surface area contributed by atoms with Crippen LogP contribution in [0.1, 0.15) is 29.3 Å². The number of rotatable bonds is 2. The highest BCUT2D eigenvalue weighted by Crippen LogP contribution is 2.40. The fraction of sp³-hybridized carbons (Fsp3) is 0.227. The summed E-state index contributed by atoms with van der Waals surface area (Å²) in [5, 5.41) is 3.46. The average molecular weight is 364 g/mol. The highest BCUT2D eigenvalue weighted by molar-refractivity contribution is 6.12. The molecule has 0 radical (unpaired) electrons. The summed E-state index contributed by atoms with van der Waals surface area (Å²) < 4.78 is 19.4. The van der Waals surface area contributed by atoms with E-state index in [4.69, 9.17) is 4.42 Å². The van der Waals surface area contributed by atoms with E-state index in [1.807, 2.05) is 12.1 Å². The van der Waals surface area contributed by atoms with Crippen LogP contribution >= 0.6 is 0 Å². The van der Waals surface area contributed by atoms with Crippen LogP contribution in [0.2, 0.25) is 0 Å². The van der Waals surface area contributed by atoms with Gasteiger partial charge in [0.05, 0.1) is 5.56 Å². The van der Waals surface area contributed by atoms with E-state index in [9.17, 15) is 9.18 Å². The fourth-order valence-electron chi connectivity index (χ4n) is 3.62. The zero-order valence-corrected chi connectivity index (χ0v) is 15.6. The lowest BCUT2D eigenvalue weighted by Gasteiger charge is -2.19. The summed E-state index contributed by atoms with van der Waals surface area (Å²) in [6.07, 6.45) is 3.19. The Morgan fingerprint density at radius 2 is 1.96 bits per heavy atom. The first-order chi connectivity index (χ1) is 13.0. The molecule has 3 aromatic rings. The molecular weight excluding hydrogens is 343 g/mol. The summed E-state index contributed by atoms with van der Waals surface area (Å²) in [5.74, 6) is -0.101. The van der Waals surface area contributed by atoms with Gasteiger partial charge >= 0.3 is 0 Å². The van der Waals surface area contributed by atoms with Crippen LogP contribution in [-0.4, -0.2) is 26.5 Å². The Balaban J connectivity index is 2.02. The molecule has 0 saturated carbocycles. The summed E-state index contributed by atoms with van der Waals surface area (Å²) in [6.45, 7) is 3.01. The minimum absolute atomic E-state index is 0.225. The topological polar surface area (TPSA) is 45.5 Å². The number of benzene rings is 2.